The van der Waals surface area contributed by atoms with E-state index in [-0.39, 0.29) is 11.9 Å². The monoisotopic (exact) mass is 526 g/mol. The number of nitrogens with one attached hydrogen (secondary N) is 1. The summed E-state index contributed by atoms with van der Waals surface area (Å²) in [5, 5.41) is 4.33. The maximum Gasteiger partial charge on any atom is 0.439 e. The van der Waals surface area contributed by atoms with Crippen molar-refractivity contribution in [3.8, 4) is 22.8 Å². The van der Waals surface area contributed by atoms with Crippen LogP contribution in [0.5, 0.6) is 0 Å². The van der Waals surface area contributed by atoms with E-state index in [0.29, 0.717) is 41.1 Å². The molecule has 0 amide bonds. The normalized spacial score (nSPS) is 18.9. The second-order valence-corrected chi connectivity index (χ2v) is 10.1. The van der Waals surface area contributed by atoms with Gasteiger partial charge in [0.2, 0.25) is 5.82 Å². The van der Waals surface area contributed by atoms with Crippen LogP contribution in [-0.2, 0) is 16.0 Å². The van der Waals surface area contributed by atoms with Gasteiger partial charge in [0.1, 0.15) is 17.6 Å². The lowest BCUT2D eigenvalue weighted by molar-refractivity contribution is -0.00438. The second kappa shape index (κ2) is 11.1. The molecule has 1 saturated carbocycles. The summed E-state index contributed by atoms with van der Waals surface area (Å²) < 4.78 is 18.6. The largest absolute Gasteiger partial charge is 0.439 e. The number of H-pyrrole nitrogens is 1. The molecule has 0 aromatic carbocycles. The summed E-state index contributed by atoms with van der Waals surface area (Å²) in [4.78, 5) is 28.5. The highest BCUT2D eigenvalue weighted by Crippen LogP contribution is 2.36. The third-order valence-corrected chi connectivity index (χ3v) is 7.17. The van der Waals surface area contributed by atoms with Gasteiger partial charge in [0.05, 0.1) is 28.4 Å². The lowest BCUT2D eigenvalue weighted by Crippen LogP contribution is -2.22. The Hall–Kier alpha value is -3.08. The number of halogens is 1. The number of aromatic amines is 1. The van der Waals surface area contributed by atoms with Gasteiger partial charge in [-0.1, -0.05) is 36.5 Å². The Kier molecular flexibility index (Phi) is 7.68. The highest BCUT2D eigenvalue weighted by molar-refractivity contribution is 6.30. The van der Waals surface area contributed by atoms with Gasteiger partial charge in [0.25, 0.3) is 0 Å². The molecule has 1 atom stereocenters. The van der Waals surface area contributed by atoms with Crippen LogP contribution < -0.4 is 5.76 Å². The van der Waals surface area contributed by atoms with Crippen LogP contribution in [0, 0.1) is 11.8 Å². The lowest BCUT2D eigenvalue weighted by Gasteiger charge is -2.28. The molecular formula is C26H31ClN6O4. The number of rotatable bonds is 9. The minimum atomic E-state index is -0.655. The molecule has 1 aliphatic rings. The minimum absolute atomic E-state index is 0.221. The van der Waals surface area contributed by atoms with Crippen LogP contribution in [0.3, 0.4) is 0 Å². The molecule has 0 radical (unpaired) electrons. The van der Waals surface area contributed by atoms with Gasteiger partial charge in [-0.2, -0.15) is 0 Å². The Morgan fingerprint density at radius 1 is 1.22 bits per heavy atom. The molecule has 11 heteroatoms. The van der Waals surface area contributed by atoms with E-state index in [9.17, 15) is 4.79 Å². The predicted octanol–water partition coefficient (Wildman–Crippen LogP) is 5.04. The average Bonchev–Trinajstić information content (AvgIpc) is 3.48. The first kappa shape index (κ1) is 25.6. The highest BCUT2D eigenvalue weighted by atomic mass is 35.5. The summed E-state index contributed by atoms with van der Waals surface area (Å²) >= 11 is 6.33. The van der Waals surface area contributed by atoms with E-state index in [1.165, 1.54) is 12.8 Å². The molecule has 4 aromatic rings. The smallest absolute Gasteiger partial charge is 0.382 e. The van der Waals surface area contributed by atoms with Crippen molar-refractivity contribution < 1.29 is 14.0 Å². The summed E-state index contributed by atoms with van der Waals surface area (Å²) in [6.07, 6.45) is 7.69. The Morgan fingerprint density at radius 3 is 2.70 bits per heavy atom. The van der Waals surface area contributed by atoms with Crippen LogP contribution in [0.1, 0.15) is 51.5 Å². The van der Waals surface area contributed by atoms with E-state index in [4.69, 9.17) is 35.6 Å². The molecule has 1 aliphatic carbocycles. The van der Waals surface area contributed by atoms with E-state index >= 15 is 0 Å². The maximum atomic E-state index is 11.7. The van der Waals surface area contributed by atoms with Gasteiger partial charge >= 0.3 is 5.76 Å². The number of nitrogens with zero attached hydrogens (tertiary/aromatic N) is 5. The number of fused-ring (bicyclic) bond motifs is 1. The third-order valence-electron chi connectivity index (χ3n) is 6.97. The molecule has 4 aromatic heterocycles. The number of ether oxygens (including phenoxy) is 2. The van der Waals surface area contributed by atoms with Crippen LogP contribution in [0.4, 0.5) is 0 Å². The van der Waals surface area contributed by atoms with Crippen molar-refractivity contribution in [2.24, 2.45) is 11.8 Å². The van der Waals surface area contributed by atoms with Crippen molar-refractivity contribution in [2.45, 2.75) is 52.2 Å². The van der Waals surface area contributed by atoms with E-state index in [0.717, 1.165) is 42.2 Å². The van der Waals surface area contributed by atoms with Gasteiger partial charge < -0.3 is 14.0 Å². The Bertz CT molecular complexity index is 1420. The first-order chi connectivity index (χ1) is 18.0. The van der Waals surface area contributed by atoms with E-state index in [1.54, 1.807) is 19.5 Å². The summed E-state index contributed by atoms with van der Waals surface area (Å²) in [6.45, 7) is 5.95. The molecule has 196 valence electrons. The molecule has 0 bridgehead atoms. The minimum Gasteiger partial charge on any atom is -0.382 e. The summed E-state index contributed by atoms with van der Waals surface area (Å²) in [6, 6.07) is 3.63. The fraction of sp³-hybridized carbons (Fsp3) is 0.500. The first-order valence-corrected chi connectivity index (χ1v) is 13.0. The number of imidazole rings is 1. The summed E-state index contributed by atoms with van der Waals surface area (Å²) in [5.74, 6) is 1.60. The number of aromatic nitrogens is 6. The van der Waals surface area contributed by atoms with Crippen LogP contribution in [0.25, 0.3) is 33.8 Å². The van der Waals surface area contributed by atoms with Crippen LogP contribution >= 0.6 is 11.6 Å². The molecule has 10 nitrogen and oxygen atoms in total. The van der Waals surface area contributed by atoms with Crippen molar-refractivity contribution in [2.75, 3.05) is 20.3 Å². The topological polar surface area (TPSA) is 121 Å². The van der Waals surface area contributed by atoms with Crippen molar-refractivity contribution in [1.29, 1.82) is 0 Å². The highest BCUT2D eigenvalue weighted by Gasteiger charge is 2.28. The summed E-state index contributed by atoms with van der Waals surface area (Å²) in [5.41, 5.74) is 3.35. The van der Waals surface area contributed by atoms with Crippen molar-refractivity contribution in [1.82, 2.24) is 29.7 Å². The van der Waals surface area contributed by atoms with Crippen LogP contribution in [-0.4, -0.2) is 50.0 Å². The lowest BCUT2D eigenvalue weighted by atomic mass is 9.83. The fourth-order valence-electron chi connectivity index (χ4n) is 5.13. The molecule has 4 heterocycles. The molecule has 0 spiro atoms. The van der Waals surface area contributed by atoms with E-state index < -0.39 is 5.76 Å². The van der Waals surface area contributed by atoms with Crippen molar-refractivity contribution >= 4 is 22.6 Å². The number of hydrogen-bond donors (Lipinski definition) is 1. The first-order valence-electron chi connectivity index (χ1n) is 12.7. The van der Waals surface area contributed by atoms with Gasteiger partial charge in [0.15, 0.2) is 0 Å². The SMILES string of the molecule is CCOC(COC)c1nc2cc(-c3noc(=O)[nH]3)nc(-c3cncc(Cl)c3)c2n1CC1CCC(C)CC1. The Balaban J connectivity index is 1.74. The van der Waals surface area contributed by atoms with Gasteiger partial charge in [0, 0.05) is 38.2 Å². The summed E-state index contributed by atoms with van der Waals surface area (Å²) in [7, 11) is 1.66. The number of methoxy groups -OCH3 is 1. The van der Waals surface area contributed by atoms with E-state index in [2.05, 4.69) is 26.6 Å². The van der Waals surface area contributed by atoms with Gasteiger partial charge in [-0.15, -0.1) is 0 Å². The van der Waals surface area contributed by atoms with Crippen molar-refractivity contribution in [3.63, 3.8) is 0 Å². The van der Waals surface area contributed by atoms with Crippen LogP contribution in [0.15, 0.2) is 33.8 Å². The van der Waals surface area contributed by atoms with Gasteiger partial charge in [-0.3, -0.25) is 14.5 Å². The average molecular weight is 527 g/mol. The zero-order valence-corrected chi connectivity index (χ0v) is 22.0. The third kappa shape index (κ3) is 5.46. The molecular weight excluding hydrogens is 496 g/mol. The molecule has 37 heavy (non-hydrogen) atoms. The van der Waals surface area contributed by atoms with Crippen LogP contribution in [0.2, 0.25) is 5.02 Å². The molecule has 5 rings (SSSR count). The quantitative estimate of drug-likeness (QED) is 0.322. The Morgan fingerprint density at radius 2 is 2.03 bits per heavy atom. The van der Waals surface area contributed by atoms with Gasteiger partial charge in [-0.05, 0) is 43.7 Å². The fourth-order valence-corrected chi connectivity index (χ4v) is 5.30. The van der Waals surface area contributed by atoms with E-state index in [1.807, 2.05) is 19.1 Å². The second-order valence-electron chi connectivity index (χ2n) is 9.67. The Labute approximate surface area is 219 Å². The molecule has 1 unspecified atom stereocenters. The van der Waals surface area contributed by atoms with Gasteiger partial charge in [-0.25, -0.2) is 14.8 Å². The zero-order chi connectivity index (χ0) is 25.9. The predicted molar refractivity (Wildman–Crippen MR) is 139 cm³/mol. The number of hydrogen-bond acceptors (Lipinski definition) is 8. The zero-order valence-electron chi connectivity index (χ0n) is 21.2. The molecule has 0 saturated heterocycles. The molecule has 1 N–H and O–H groups in total. The molecule has 1 fully saturated rings. The maximum absolute atomic E-state index is 11.7. The molecule has 0 aliphatic heterocycles. The van der Waals surface area contributed by atoms with Crippen molar-refractivity contribution in [3.05, 3.63) is 45.9 Å². The number of pyridine rings is 2. The standard InChI is InChI=1S/C26H31ClN6O4/c1-4-36-21(14-35-3)25-30-19-10-20(24-31-26(34)37-32-24)29-22(17-9-18(27)12-28-11-17)23(19)33(25)13-16-7-5-15(2)6-8-16/h9-12,15-16,21H,4-8,13-14H2,1-3H3,(H,31,32,34).